The molecule has 0 aromatic carbocycles. The second-order valence-electron chi connectivity index (χ2n) is 3.98. The van der Waals surface area contributed by atoms with Gasteiger partial charge in [-0.05, 0) is 13.0 Å². The molecule has 2 atom stereocenters. The summed E-state index contributed by atoms with van der Waals surface area (Å²) < 4.78 is 0. The molecular weight excluding hydrogens is 150 g/mol. The van der Waals surface area contributed by atoms with Crippen LogP contribution < -0.4 is 10.6 Å². The standard InChI is InChI=1S/C9H17N3/c1-6(2)9-11-7-3-4-10-5-8(7)12-9/h6-8,10H,3-5H2,1-2H3,(H,11,12). The number of aliphatic imine (C=N–C) groups is 1. The van der Waals surface area contributed by atoms with Crippen LogP contribution in [-0.2, 0) is 0 Å². The summed E-state index contributed by atoms with van der Waals surface area (Å²) in [4.78, 5) is 4.65. The number of piperidine rings is 1. The Balaban J connectivity index is 2.04. The lowest BCUT2D eigenvalue weighted by Gasteiger charge is -2.24. The molecule has 0 amide bonds. The molecule has 68 valence electrons. The number of nitrogens with zero attached hydrogens (tertiary/aromatic N) is 1. The topological polar surface area (TPSA) is 36.4 Å². The second kappa shape index (κ2) is 3.05. The Morgan fingerprint density at radius 3 is 3.00 bits per heavy atom. The molecule has 1 fully saturated rings. The lowest BCUT2D eigenvalue weighted by atomic mass is 10.0. The first-order chi connectivity index (χ1) is 5.77. The van der Waals surface area contributed by atoms with Gasteiger partial charge in [-0.15, -0.1) is 0 Å². The molecule has 0 bridgehead atoms. The summed E-state index contributed by atoms with van der Waals surface area (Å²) in [5.74, 6) is 1.75. The van der Waals surface area contributed by atoms with Gasteiger partial charge in [-0.3, -0.25) is 4.99 Å². The Morgan fingerprint density at radius 1 is 1.50 bits per heavy atom. The van der Waals surface area contributed by atoms with Gasteiger partial charge in [0.15, 0.2) is 0 Å². The third-order valence-corrected chi connectivity index (χ3v) is 2.64. The predicted octanol–water partition coefficient (Wildman–Crippen LogP) is 0.375. The first-order valence-corrected chi connectivity index (χ1v) is 4.82. The van der Waals surface area contributed by atoms with E-state index in [-0.39, 0.29) is 0 Å². The highest BCUT2D eigenvalue weighted by molar-refractivity contribution is 5.86. The second-order valence-corrected chi connectivity index (χ2v) is 3.98. The minimum absolute atomic E-state index is 0.496. The number of rotatable bonds is 1. The van der Waals surface area contributed by atoms with E-state index in [2.05, 4.69) is 29.5 Å². The molecule has 0 aliphatic carbocycles. The van der Waals surface area contributed by atoms with Crippen molar-refractivity contribution >= 4 is 5.84 Å². The van der Waals surface area contributed by atoms with E-state index < -0.39 is 0 Å². The molecule has 2 N–H and O–H groups in total. The fraction of sp³-hybridized carbons (Fsp3) is 0.889. The average molecular weight is 167 g/mol. The summed E-state index contributed by atoms with van der Waals surface area (Å²) >= 11 is 0. The zero-order valence-corrected chi connectivity index (χ0v) is 7.80. The summed E-state index contributed by atoms with van der Waals surface area (Å²) in [6.07, 6.45) is 1.21. The molecular formula is C9H17N3. The van der Waals surface area contributed by atoms with E-state index >= 15 is 0 Å². The van der Waals surface area contributed by atoms with Crippen molar-refractivity contribution in [1.82, 2.24) is 10.6 Å². The minimum atomic E-state index is 0.496. The Hall–Kier alpha value is -0.570. The first-order valence-electron chi connectivity index (χ1n) is 4.82. The quantitative estimate of drug-likeness (QED) is 0.592. The maximum atomic E-state index is 4.65. The molecule has 0 aromatic heterocycles. The zero-order chi connectivity index (χ0) is 8.55. The van der Waals surface area contributed by atoms with Gasteiger partial charge in [-0.25, -0.2) is 0 Å². The molecule has 12 heavy (non-hydrogen) atoms. The van der Waals surface area contributed by atoms with Crippen LogP contribution in [0.4, 0.5) is 0 Å². The molecule has 3 heteroatoms. The van der Waals surface area contributed by atoms with Crippen molar-refractivity contribution in [3.05, 3.63) is 0 Å². The van der Waals surface area contributed by atoms with Crippen LogP contribution in [0.1, 0.15) is 20.3 Å². The van der Waals surface area contributed by atoms with Gasteiger partial charge < -0.3 is 10.6 Å². The molecule has 2 aliphatic heterocycles. The third kappa shape index (κ3) is 1.33. The van der Waals surface area contributed by atoms with Crippen LogP contribution in [0.3, 0.4) is 0 Å². The van der Waals surface area contributed by atoms with Gasteiger partial charge in [0.1, 0.15) is 0 Å². The molecule has 0 saturated carbocycles. The minimum Gasteiger partial charge on any atom is -0.369 e. The van der Waals surface area contributed by atoms with Gasteiger partial charge >= 0.3 is 0 Å². The average Bonchev–Trinajstić information content (AvgIpc) is 2.46. The Morgan fingerprint density at radius 2 is 2.33 bits per heavy atom. The molecule has 0 aromatic rings. The van der Waals surface area contributed by atoms with Crippen LogP contribution in [0.2, 0.25) is 0 Å². The van der Waals surface area contributed by atoms with Crippen LogP contribution in [0.5, 0.6) is 0 Å². The van der Waals surface area contributed by atoms with Crippen LogP contribution in [0, 0.1) is 5.92 Å². The zero-order valence-electron chi connectivity index (χ0n) is 7.80. The van der Waals surface area contributed by atoms with Crippen molar-refractivity contribution in [3.63, 3.8) is 0 Å². The van der Waals surface area contributed by atoms with Gasteiger partial charge in [0, 0.05) is 12.5 Å². The van der Waals surface area contributed by atoms with Gasteiger partial charge in [0.05, 0.1) is 17.9 Å². The lowest BCUT2D eigenvalue weighted by Crippen LogP contribution is -2.46. The monoisotopic (exact) mass is 167 g/mol. The van der Waals surface area contributed by atoms with E-state index in [1.807, 2.05) is 0 Å². The molecule has 2 heterocycles. The fourth-order valence-corrected chi connectivity index (χ4v) is 1.87. The highest BCUT2D eigenvalue weighted by Crippen LogP contribution is 2.15. The van der Waals surface area contributed by atoms with Crippen LogP contribution >= 0.6 is 0 Å². The maximum absolute atomic E-state index is 4.65. The van der Waals surface area contributed by atoms with Gasteiger partial charge in [0.25, 0.3) is 0 Å². The van der Waals surface area contributed by atoms with Crippen molar-refractivity contribution in [2.24, 2.45) is 10.9 Å². The van der Waals surface area contributed by atoms with Crippen LogP contribution in [0.15, 0.2) is 4.99 Å². The highest BCUT2D eigenvalue weighted by atomic mass is 15.2. The van der Waals surface area contributed by atoms with Crippen molar-refractivity contribution in [3.8, 4) is 0 Å². The number of fused-ring (bicyclic) bond motifs is 1. The predicted molar refractivity (Wildman–Crippen MR) is 50.5 cm³/mol. The molecule has 0 radical (unpaired) electrons. The Labute approximate surface area is 73.6 Å². The van der Waals surface area contributed by atoms with E-state index in [1.54, 1.807) is 0 Å². The van der Waals surface area contributed by atoms with Gasteiger partial charge in [-0.2, -0.15) is 0 Å². The fourth-order valence-electron chi connectivity index (χ4n) is 1.87. The van der Waals surface area contributed by atoms with E-state index in [1.165, 1.54) is 12.3 Å². The number of amidine groups is 1. The van der Waals surface area contributed by atoms with Crippen LogP contribution in [-0.4, -0.2) is 31.0 Å². The van der Waals surface area contributed by atoms with E-state index in [4.69, 9.17) is 0 Å². The smallest absolute Gasteiger partial charge is 0.0996 e. The maximum Gasteiger partial charge on any atom is 0.0996 e. The summed E-state index contributed by atoms with van der Waals surface area (Å²) in [5, 5.41) is 6.87. The summed E-state index contributed by atoms with van der Waals surface area (Å²) in [7, 11) is 0. The third-order valence-electron chi connectivity index (χ3n) is 2.64. The van der Waals surface area contributed by atoms with E-state index in [0.717, 1.165) is 13.1 Å². The number of hydrogen-bond acceptors (Lipinski definition) is 3. The van der Waals surface area contributed by atoms with Crippen molar-refractivity contribution in [2.45, 2.75) is 32.4 Å². The lowest BCUT2D eigenvalue weighted by molar-refractivity contribution is 0.401. The highest BCUT2D eigenvalue weighted by Gasteiger charge is 2.31. The Kier molecular flexibility index (Phi) is 2.05. The van der Waals surface area contributed by atoms with Gasteiger partial charge in [0.2, 0.25) is 0 Å². The molecule has 0 spiro atoms. The molecule has 1 saturated heterocycles. The van der Waals surface area contributed by atoms with E-state index in [9.17, 15) is 0 Å². The van der Waals surface area contributed by atoms with Crippen molar-refractivity contribution in [1.29, 1.82) is 0 Å². The summed E-state index contributed by atoms with van der Waals surface area (Å²) in [6, 6.07) is 1.11. The van der Waals surface area contributed by atoms with E-state index in [0.29, 0.717) is 18.0 Å². The molecule has 2 unspecified atom stereocenters. The largest absolute Gasteiger partial charge is 0.369 e. The summed E-state index contributed by atoms with van der Waals surface area (Å²) in [5.41, 5.74) is 0. The van der Waals surface area contributed by atoms with Crippen LogP contribution in [0.25, 0.3) is 0 Å². The Bertz CT molecular complexity index is 198. The normalized spacial score (nSPS) is 34.4. The van der Waals surface area contributed by atoms with Crippen molar-refractivity contribution < 1.29 is 0 Å². The summed E-state index contributed by atoms with van der Waals surface area (Å²) in [6.45, 7) is 6.57. The molecule has 2 rings (SSSR count). The number of nitrogens with one attached hydrogen (secondary N) is 2. The van der Waals surface area contributed by atoms with Crippen molar-refractivity contribution in [2.75, 3.05) is 13.1 Å². The van der Waals surface area contributed by atoms with Gasteiger partial charge in [-0.1, -0.05) is 13.8 Å². The molecule has 3 nitrogen and oxygen atoms in total. The SMILES string of the molecule is CC(C)C1=NC2CNCCC2N1. The first kappa shape index (κ1) is 8.05. The number of hydrogen-bond donors (Lipinski definition) is 2. The molecule has 2 aliphatic rings.